The smallest absolute Gasteiger partial charge is 0.0161 e. The molecule has 0 saturated heterocycles. The summed E-state index contributed by atoms with van der Waals surface area (Å²) in [7, 11) is 0. The van der Waals surface area contributed by atoms with E-state index in [1.807, 2.05) is 0 Å². The standard InChI is InChI=1S/C9H10/c1-2-4-6-9-7-8(9)5-3-1/h1-6,8-9H,7H2/b2-1-,5-3-,6-4-. The normalized spacial score (nSPS) is 48.0. The van der Waals surface area contributed by atoms with Crippen molar-refractivity contribution >= 4 is 0 Å². The molecule has 2 unspecified atom stereocenters. The lowest BCUT2D eigenvalue weighted by molar-refractivity contribution is 0.993. The van der Waals surface area contributed by atoms with E-state index in [9.17, 15) is 0 Å². The molecule has 0 aromatic carbocycles. The maximum Gasteiger partial charge on any atom is -0.0161 e. The minimum absolute atomic E-state index is 0.867. The zero-order chi connectivity index (χ0) is 6.10. The first-order valence-corrected chi connectivity index (χ1v) is 3.48. The van der Waals surface area contributed by atoms with Crippen LogP contribution in [0.1, 0.15) is 6.42 Å². The van der Waals surface area contributed by atoms with Crippen LogP contribution in [0.3, 0.4) is 0 Å². The van der Waals surface area contributed by atoms with Crippen LogP contribution in [0.15, 0.2) is 36.5 Å². The van der Waals surface area contributed by atoms with Crippen molar-refractivity contribution in [2.45, 2.75) is 6.42 Å². The molecular formula is C9H10. The minimum atomic E-state index is 0.867. The van der Waals surface area contributed by atoms with Gasteiger partial charge in [0, 0.05) is 0 Å². The zero-order valence-corrected chi connectivity index (χ0v) is 5.33. The van der Waals surface area contributed by atoms with Gasteiger partial charge in [0.2, 0.25) is 0 Å². The topological polar surface area (TPSA) is 0 Å². The van der Waals surface area contributed by atoms with Crippen molar-refractivity contribution in [2.24, 2.45) is 11.8 Å². The van der Waals surface area contributed by atoms with Crippen LogP contribution in [0.4, 0.5) is 0 Å². The predicted molar refractivity (Wildman–Crippen MR) is 39.0 cm³/mol. The van der Waals surface area contributed by atoms with Crippen molar-refractivity contribution in [3.05, 3.63) is 36.5 Å². The molecule has 0 aliphatic heterocycles. The monoisotopic (exact) mass is 118 g/mol. The van der Waals surface area contributed by atoms with Gasteiger partial charge in [-0.3, -0.25) is 0 Å². The Balaban J connectivity index is 2.19. The molecule has 46 valence electrons. The molecule has 2 atom stereocenters. The Labute approximate surface area is 55.6 Å². The average molecular weight is 118 g/mol. The molecule has 2 aliphatic carbocycles. The first-order chi connectivity index (χ1) is 4.47. The van der Waals surface area contributed by atoms with E-state index in [-0.39, 0.29) is 0 Å². The quantitative estimate of drug-likeness (QED) is 0.458. The Kier molecular flexibility index (Phi) is 1.05. The van der Waals surface area contributed by atoms with Gasteiger partial charge in [-0.05, 0) is 18.3 Å². The number of allylic oxidation sites excluding steroid dienone is 6. The van der Waals surface area contributed by atoms with Crippen LogP contribution in [0, 0.1) is 11.8 Å². The van der Waals surface area contributed by atoms with Crippen LogP contribution in [-0.2, 0) is 0 Å². The van der Waals surface area contributed by atoms with Crippen molar-refractivity contribution < 1.29 is 0 Å². The second-order valence-electron chi connectivity index (χ2n) is 2.72. The lowest BCUT2D eigenvalue weighted by Gasteiger charge is -1.85. The molecule has 0 spiro atoms. The Bertz CT molecular complexity index is 164. The fourth-order valence-corrected chi connectivity index (χ4v) is 1.22. The van der Waals surface area contributed by atoms with Gasteiger partial charge in [-0.1, -0.05) is 36.5 Å². The van der Waals surface area contributed by atoms with Gasteiger partial charge in [0.1, 0.15) is 0 Å². The van der Waals surface area contributed by atoms with Crippen molar-refractivity contribution in [2.75, 3.05) is 0 Å². The number of hydrogen-bond donors (Lipinski definition) is 0. The molecule has 0 aromatic heterocycles. The third-order valence-corrected chi connectivity index (χ3v) is 1.94. The fourth-order valence-electron chi connectivity index (χ4n) is 1.22. The zero-order valence-electron chi connectivity index (χ0n) is 5.33. The van der Waals surface area contributed by atoms with Crippen LogP contribution in [0.2, 0.25) is 0 Å². The maximum absolute atomic E-state index is 2.30. The molecule has 0 amide bonds. The maximum atomic E-state index is 2.30. The molecule has 1 saturated carbocycles. The van der Waals surface area contributed by atoms with Crippen LogP contribution >= 0.6 is 0 Å². The van der Waals surface area contributed by atoms with Crippen LogP contribution in [0.5, 0.6) is 0 Å². The molecule has 0 heterocycles. The van der Waals surface area contributed by atoms with Crippen molar-refractivity contribution in [1.82, 2.24) is 0 Å². The second-order valence-corrected chi connectivity index (χ2v) is 2.72. The number of hydrogen-bond acceptors (Lipinski definition) is 0. The van der Waals surface area contributed by atoms with Gasteiger partial charge >= 0.3 is 0 Å². The van der Waals surface area contributed by atoms with E-state index in [2.05, 4.69) is 36.5 Å². The van der Waals surface area contributed by atoms with Gasteiger partial charge in [0.15, 0.2) is 0 Å². The molecule has 0 radical (unpaired) electrons. The molecule has 0 N–H and O–H groups in total. The highest BCUT2D eigenvalue weighted by Crippen LogP contribution is 2.41. The summed E-state index contributed by atoms with van der Waals surface area (Å²) in [6.07, 6.45) is 14.4. The molecule has 2 aliphatic rings. The van der Waals surface area contributed by atoms with Gasteiger partial charge in [-0.25, -0.2) is 0 Å². The molecule has 0 aromatic rings. The highest BCUT2D eigenvalue weighted by molar-refractivity contribution is 5.21. The molecule has 9 heavy (non-hydrogen) atoms. The van der Waals surface area contributed by atoms with Crippen LogP contribution < -0.4 is 0 Å². The summed E-state index contributed by atoms with van der Waals surface area (Å²) in [5.74, 6) is 1.73. The predicted octanol–water partition coefficient (Wildman–Crippen LogP) is 2.30. The van der Waals surface area contributed by atoms with E-state index >= 15 is 0 Å². The second kappa shape index (κ2) is 1.87. The molecule has 2 rings (SSSR count). The lowest BCUT2D eigenvalue weighted by Crippen LogP contribution is -1.72. The summed E-state index contributed by atoms with van der Waals surface area (Å²) in [6, 6.07) is 0. The van der Waals surface area contributed by atoms with Gasteiger partial charge < -0.3 is 0 Å². The number of rotatable bonds is 0. The highest BCUT2D eigenvalue weighted by atomic mass is 14.4. The van der Waals surface area contributed by atoms with Crippen molar-refractivity contribution in [3.8, 4) is 0 Å². The van der Waals surface area contributed by atoms with Crippen LogP contribution in [0.25, 0.3) is 0 Å². The summed E-state index contributed by atoms with van der Waals surface area (Å²) in [5.41, 5.74) is 0. The Morgan fingerprint density at radius 3 is 1.89 bits per heavy atom. The van der Waals surface area contributed by atoms with E-state index in [0.29, 0.717) is 0 Å². The Hall–Kier alpha value is -0.780. The summed E-state index contributed by atoms with van der Waals surface area (Å²) < 4.78 is 0. The lowest BCUT2D eigenvalue weighted by atomic mass is 10.2. The minimum Gasteiger partial charge on any atom is -0.0808 e. The highest BCUT2D eigenvalue weighted by Gasteiger charge is 2.31. The molecule has 0 bridgehead atoms. The molecular weight excluding hydrogens is 108 g/mol. The first-order valence-electron chi connectivity index (χ1n) is 3.48. The summed E-state index contributed by atoms with van der Waals surface area (Å²) in [5, 5.41) is 0. The van der Waals surface area contributed by atoms with Gasteiger partial charge in [0.05, 0.1) is 0 Å². The molecule has 0 heteroatoms. The molecule has 0 nitrogen and oxygen atoms in total. The fraction of sp³-hybridized carbons (Fsp3) is 0.333. The SMILES string of the molecule is C1=C\C=C/C2CC2\C=C/1. The average Bonchev–Trinajstić information content (AvgIpc) is 2.46. The number of fused-ring (bicyclic) bond motifs is 1. The first kappa shape index (κ1) is 5.04. The Morgan fingerprint density at radius 1 is 0.778 bits per heavy atom. The third kappa shape index (κ3) is 0.973. The molecule has 1 fully saturated rings. The van der Waals surface area contributed by atoms with Crippen molar-refractivity contribution in [3.63, 3.8) is 0 Å². The Morgan fingerprint density at radius 2 is 1.33 bits per heavy atom. The summed E-state index contributed by atoms with van der Waals surface area (Å²) >= 11 is 0. The van der Waals surface area contributed by atoms with Crippen LogP contribution in [-0.4, -0.2) is 0 Å². The van der Waals surface area contributed by atoms with E-state index in [0.717, 1.165) is 11.8 Å². The van der Waals surface area contributed by atoms with Gasteiger partial charge in [0.25, 0.3) is 0 Å². The largest absolute Gasteiger partial charge is 0.0808 e. The van der Waals surface area contributed by atoms with E-state index in [4.69, 9.17) is 0 Å². The van der Waals surface area contributed by atoms with E-state index < -0.39 is 0 Å². The van der Waals surface area contributed by atoms with Gasteiger partial charge in [-0.15, -0.1) is 0 Å². The van der Waals surface area contributed by atoms with E-state index in [1.54, 1.807) is 0 Å². The van der Waals surface area contributed by atoms with Crippen molar-refractivity contribution in [1.29, 1.82) is 0 Å². The van der Waals surface area contributed by atoms with Gasteiger partial charge in [-0.2, -0.15) is 0 Å². The van der Waals surface area contributed by atoms with E-state index in [1.165, 1.54) is 6.42 Å². The summed E-state index contributed by atoms with van der Waals surface area (Å²) in [4.78, 5) is 0. The summed E-state index contributed by atoms with van der Waals surface area (Å²) in [6.45, 7) is 0. The third-order valence-electron chi connectivity index (χ3n) is 1.94.